The van der Waals surface area contributed by atoms with Crippen molar-refractivity contribution in [2.45, 2.75) is 105 Å². The molecule has 189 valence electrons. The maximum atomic E-state index is 13.8. The molecule has 1 aliphatic heterocycles. The van der Waals surface area contributed by atoms with Crippen LogP contribution in [0.1, 0.15) is 105 Å². The molecule has 5 heteroatoms. The highest BCUT2D eigenvalue weighted by Gasteiger charge is 2.32. The van der Waals surface area contributed by atoms with Crippen molar-refractivity contribution in [3.8, 4) is 0 Å². The summed E-state index contributed by atoms with van der Waals surface area (Å²) in [5, 5.41) is 7.34. The van der Waals surface area contributed by atoms with Crippen molar-refractivity contribution < 1.29 is 4.79 Å². The zero-order chi connectivity index (χ0) is 26.6. The van der Waals surface area contributed by atoms with Gasteiger partial charge in [0.1, 0.15) is 0 Å². The van der Waals surface area contributed by atoms with Gasteiger partial charge in [0.2, 0.25) is 0 Å². The highest BCUT2D eigenvalue weighted by molar-refractivity contribution is 6.06. The summed E-state index contributed by atoms with van der Waals surface area (Å²) in [7, 11) is 0. The van der Waals surface area contributed by atoms with E-state index >= 15 is 0 Å². The second-order valence-corrected chi connectivity index (χ2v) is 13.8. The summed E-state index contributed by atoms with van der Waals surface area (Å²) >= 11 is 0. The molecule has 2 aromatic carbocycles. The zero-order valence-electron chi connectivity index (χ0n) is 23.7. The molecule has 0 atom stereocenters. The van der Waals surface area contributed by atoms with E-state index in [1.54, 1.807) is 0 Å². The summed E-state index contributed by atoms with van der Waals surface area (Å²) in [5.74, 6) is 0. The van der Waals surface area contributed by atoms with Crippen LogP contribution in [0.15, 0.2) is 41.5 Å². The summed E-state index contributed by atoms with van der Waals surface area (Å²) in [5.41, 5.74) is 10.3. The Labute approximate surface area is 212 Å². The lowest BCUT2D eigenvalue weighted by atomic mass is 9.80. The fourth-order valence-corrected chi connectivity index (χ4v) is 3.87. The molecule has 0 unspecified atom stereocenters. The van der Waals surface area contributed by atoms with Crippen molar-refractivity contribution in [1.29, 1.82) is 0 Å². The van der Waals surface area contributed by atoms with Crippen LogP contribution in [0.25, 0.3) is 0 Å². The Hall–Kier alpha value is -2.82. The monoisotopic (exact) mass is 475 g/mol. The minimum absolute atomic E-state index is 0.0642. The van der Waals surface area contributed by atoms with Crippen LogP contribution in [-0.2, 0) is 21.7 Å². The van der Waals surface area contributed by atoms with Gasteiger partial charge in [-0.1, -0.05) is 95.2 Å². The first-order valence-corrected chi connectivity index (χ1v) is 12.5. The number of benzene rings is 2. The van der Waals surface area contributed by atoms with Crippen molar-refractivity contribution in [2.24, 2.45) is 5.10 Å². The number of hydrogen-bond acceptors (Lipinski definition) is 2. The third-order valence-electron chi connectivity index (χ3n) is 6.49. The minimum atomic E-state index is -0.288. The normalized spacial score (nSPS) is 15.5. The summed E-state index contributed by atoms with van der Waals surface area (Å²) in [6.45, 7) is 26.3. The lowest BCUT2D eigenvalue weighted by Crippen LogP contribution is -2.49. The predicted molar refractivity (Wildman–Crippen MR) is 149 cm³/mol. The van der Waals surface area contributed by atoms with Crippen LogP contribution in [-0.4, -0.2) is 12.4 Å². The molecule has 0 saturated heterocycles. The Morgan fingerprint density at radius 2 is 0.829 bits per heavy atom. The quantitative estimate of drug-likeness (QED) is 0.437. The van der Waals surface area contributed by atoms with E-state index in [4.69, 9.17) is 0 Å². The van der Waals surface area contributed by atoms with Gasteiger partial charge in [0.25, 0.3) is 0 Å². The van der Waals surface area contributed by atoms with E-state index in [0.29, 0.717) is 0 Å². The standard InChI is InChI=1S/C30H43N4O/c1-27(2,3)20-13-21(28(4,5)6)16-24(15-20)33-26(35)34(32-19-31-33)25-17-22(29(7,8)9)14-23(18-25)30(10,11)12/h13-19H,1-12H3. The van der Waals surface area contributed by atoms with E-state index in [1.807, 2.05) is 0 Å². The minimum Gasteiger partial charge on any atom is -0.244 e. The van der Waals surface area contributed by atoms with E-state index in [0.717, 1.165) is 11.4 Å². The number of rotatable bonds is 2. The Kier molecular flexibility index (Phi) is 6.65. The lowest BCUT2D eigenvalue weighted by Gasteiger charge is -2.33. The molecule has 0 aliphatic carbocycles. The van der Waals surface area contributed by atoms with E-state index in [-0.39, 0.29) is 27.7 Å². The summed E-state index contributed by atoms with van der Waals surface area (Å²) in [4.78, 5) is 13.8. The number of amides is 2. The Morgan fingerprint density at radius 1 is 0.514 bits per heavy atom. The average molecular weight is 476 g/mol. The molecule has 3 rings (SSSR count). The second-order valence-electron chi connectivity index (χ2n) is 13.8. The number of carbonyl (C=O) groups excluding carboxylic acids is 1. The highest BCUT2D eigenvalue weighted by atomic mass is 16.2. The van der Waals surface area contributed by atoms with Crippen molar-refractivity contribution >= 4 is 23.7 Å². The second kappa shape index (κ2) is 8.69. The van der Waals surface area contributed by atoms with Gasteiger partial charge in [-0.3, -0.25) is 0 Å². The molecule has 0 N–H and O–H groups in total. The smallest absolute Gasteiger partial charge is 0.244 e. The predicted octanol–water partition coefficient (Wildman–Crippen LogP) is 7.79. The lowest BCUT2D eigenvalue weighted by molar-refractivity contribution is 0.249. The average Bonchev–Trinajstić information content (AvgIpc) is 2.70. The van der Waals surface area contributed by atoms with Crippen molar-refractivity contribution in [2.75, 3.05) is 10.0 Å². The van der Waals surface area contributed by atoms with Crippen LogP contribution in [0, 0.1) is 0 Å². The van der Waals surface area contributed by atoms with Gasteiger partial charge in [-0.25, -0.2) is 4.79 Å². The molecule has 2 amide bonds. The van der Waals surface area contributed by atoms with E-state index < -0.39 is 0 Å². The highest BCUT2D eigenvalue weighted by Crippen LogP contribution is 2.36. The Balaban J connectivity index is 2.12. The topological polar surface area (TPSA) is 50.0 Å². The van der Waals surface area contributed by atoms with Crippen LogP contribution in [0.4, 0.5) is 16.2 Å². The maximum Gasteiger partial charge on any atom is 0.370 e. The van der Waals surface area contributed by atoms with Crippen LogP contribution in [0.3, 0.4) is 0 Å². The number of urea groups is 1. The molecule has 5 nitrogen and oxygen atoms in total. The summed E-state index contributed by atoms with van der Waals surface area (Å²) in [6, 6.07) is 12.5. The maximum absolute atomic E-state index is 13.8. The summed E-state index contributed by atoms with van der Waals surface area (Å²) in [6.07, 6.45) is 1.46. The van der Waals surface area contributed by atoms with Gasteiger partial charge in [-0.2, -0.15) is 10.0 Å². The molecule has 0 saturated carbocycles. The van der Waals surface area contributed by atoms with E-state index in [1.165, 1.54) is 38.6 Å². The van der Waals surface area contributed by atoms with Crippen LogP contribution < -0.4 is 15.4 Å². The molecule has 1 heterocycles. The number of anilines is 2. The number of hydrogen-bond donors (Lipinski definition) is 0. The van der Waals surface area contributed by atoms with Crippen LogP contribution in [0.2, 0.25) is 0 Å². The first-order valence-electron chi connectivity index (χ1n) is 12.5. The van der Waals surface area contributed by atoms with Gasteiger partial charge in [-0.15, -0.1) is 10.5 Å². The van der Waals surface area contributed by atoms with Gasteiger partial charge in [0.05, 0.1) is 11.4 Å². The molecule has 35 heavy (non-hydrogen) atoms. The summed E-state index contributed by atoms with van der Waals surface area (Å²) < 4.78 is 0. The van der Waals surface area contributed by atoms with Gasteiger partial charge < -0.3 is 0 Å². The van der Waals surface area contributed by atoms with Gasteiger partial charge >= 0.3 is 6.03 Å². The zero-order valence-corrected chi connectivity index (χ0v) is 23.7. The van der Waals surface area contributed by atoms with Crippen LogP contribution in [0.5, 0.6) is 0 Å². The molecular formula is C30H43N4O. The SMILES string of the molecule is CC(C)(C)c1cc(N2[N]C=NN(c3cc(C(C)(C)C)cc(C(C)(C)C)c3)C2=O)cc(C(C)(C)C)c1. The Bertz CT molecular complexity index is 1070. The van der Waals surface area contributed by atoms with Gasteiger partial charge in [0, 0.05) is 0 Å². The number of carbonyl (C=O) groups is 1. The molecule has 0 aromatic heterocycles. The van der Waals surface area contributed by atoms with E-state index in [9.17, 15) is 4.79 Å². The first-order chi connectivity index (χ1) is 15.8. The number of nitrogens with zero attached hydrogens (tertiary/aromatic N) is 4. The molecule has 0 fully saturated rings. The fraction of sp³-hybridized carbons (Fsp3) is 0.533. The van der Waals surface area contributed by atoms with Crippen molar-refractivity contribution in [1.82, 2.24) is 5.43 Å². The van der Waals surface area contributed by atoms with Gasteiger partial charge in [-0.05, 0) is 68.2 Å². The first kappa shape index (κ1) is 26.8. The molecular weight excluding hydrogens is 432 g/mol. The fourth-order valence-electron chi connectivity index (χ4n) is 3.87. The molecule has 2 aromatic rings. The van der Waals surface area contributed by atoms with Crippen LogP contribution >= 0.6 is 0 Å². The van der Waals surface area contributed by atoms with Crippen molar-refractivity contribution in [3.63, 3.8) is 0 Å². The Morgan fingerprint density at radius 3 is 1.14 bits per heavy atom. The van der Waals surface area contributed by atoms with Gasteiger partial charge in [0.15, 0.2) is 6.34 Å². The van der Waals surface area contributed by atoms with E-state index in [2.05, 4.69) is 130 Å². The molecule has 1 radical (unpaired) electrons. The molecule has 0 spiro atoms. The largest absolute Gasteiger partial charge is 0.370 e. The third-order valence-corrected chi connectivity index (χ3v) is 6.49. The third kappa shape index (κ3) is 5.88. The number of hydrazone groups is 1. The molecule has 0 bridgehead atoms. The molecule has 1 aliphatic rings. The van der Waals surface area contributed by atoms with Crippen molar-refractivity contribution in [3.05, 3.63) is 58.7 Å².